The molecule has 3 rings (SSSR count). The van der Waals surface area contributed by atoms with Gasteiger partial charge in [0.2, 0.25) is 0 Å². The first kappa shape index (κ1) is 12.5. The van der Waals surface area contributed by atoms with Crippen molar-refractivity contribution in [3.63, 3.8) is 0 Å². The molecule has 0 aliphatic carbocycles. The van der Waals surface area contributed by atoms with Gasteiger partial charge in [-0.2, -0.15) is 0 Å². The molecule has 0 amide bonds. The van der Waals surface area contributed by atoms with Gasteiger partial charge in [0.1, 0.15) is 11.4 Å². The number of hydrogen-bond donors (Lipinski definition) is 1. The molecule has 1 aromatic carbocycles. The fourth-order valence-corrected chi connectivity index (χ4v) is 2.15. The van der Waals surface area contributed by atoms with Crippen molar-refractivity contribution in [3.05, 3.63) is 60.0 Å². The molecule has 100 valence electrons. The number of aliphatic hydroxyl groups is 1. The molecule has 1 N–H and O–H groups in total. The van der Waals surface area contributed by atoms with E-state index in [2.05, 4.69) is 15.3 Å². The van der Waals surface area contributed by atoms with Gasteiger partial charge < -0.3 is 5.11 Å². The fourth-order valence-electron chi connectivity index (χ4n) is 2.15. The highest BCUT2D eigenvalue weighted by Crippen LogP contribution is 2.24. The van der Waals surface area contributed by atoms with Crippen molar-refractivity contribution < 1.29 is 5.11 Å². The molecule has 2 heterocycles. The van der Waals surface area contributed by atoms with Crippen LogP contribution < -0.4 is 0 Å². The van der Waals surface area contributed by atoms with Gasteiger partial charge in [-0.25, -0.2) is 4.68 Å². The maximum Gasteiger partial charge on any atom is 0.117 e. The zero-order valence-corrected chi connectivity index (χ0v) is 11.1. The molecular weight excluding hydrogens is 252 g/mol. The summed E-state index contributed by atoms with van der Waals surface area (Å²) in [4.78, 5) is 4.12. The summed E-state index contributed by atoms with van der Waals surface area (Å²) in [5, 5.41) is 17.7. The van der Waals surface area contributed by atoms with Crippen LogP contribution in [0.1, 0.15) is 11.3 Å². The van der Waals surface area contributed by atoms with Gasteiger partial charge >= 0.3 is 0 Å². The number of nitrogens with zero attached hydrogens (tertiary/aromatic N) is 4. The summed E-state index contributed by atoms with van der Waals surface area (Å²) in [7, 11) is 0. The smallest absolute Gasteiger partial charge is 0.117 e. The van der Waals surface area contributed by atoms with E-state index in [1.807, 2.05) is 43.3 Å². The number of hydrogen-bond acceptors (Lipinski definition) is 4. The van der Waals surface area contributed by atoms with Crippen LogP contribution in [-0.4, -0.2) is 25.1 Å². The zero-order valence-electron chi connectivity index (χ0n) is 11.1. The van der Waals surface area contributed by atoms with Gasteiger partial charge in [-0.05, 0) is 36.8 Å². The Hall–Kier alpha value is -2.53. The van der Waals surface area contributed by atoms with Gasteiger partial charge in [-0.3, -0.25) is 4.98 Å². The van der Waals surface area contributed by atoms with E-state index in [1.54, 1.807) is 17.1 Å². The molecule has 0 bridgehead atoms. The average Bonchev–Trinajstić information content (AvgIpc) is 2.92. The number of aromatic nitrogens is 4. The van der Waals surface area contributed by atoms with Crippen LogP contribution in [0.4, 0.5) is 0 Å². The molecule has 3 aromatic rings. The Labute approximate surface area is 116 Å². The van der Waals surface area contributed by atoms with Gasteiger partial charge in [-0.1, -0.05) is 17.3 Å². The van der Waals surface area contributed by atoms with Gasteiger partial charge in [0, 0.05) is 18.0 Å². The maximum atomic E-state index is 9.46. The molecule has 5 heteroatoms. The number of rotatable bonds is 3. The van der Waals surface area contributed by atoms with E-state index >= 15 is 0 Å². The summed E-state index contributed by atoms with van der Waals surface area (Å²) >= 11 is 0. The number of benzene rings is 1. The standard InChI is InChI=1S/C15H14N4O/c1-11-4-2-6-13(8-11)19-15(14(10-20)17-18-19)12-5-3-7-16-9-12/h2-9,20H,10H2,1H3. The zero-order chi connectivity index (χ0) is 13.9. The number of pyridine rings is 1. The Morgan fingerprint density at radius 3 is 2.80 bits per heavy atom. The first-order valence-corrected chi connectivity index (χ1v) is 6.32. The molecule has 20 heavy (non-hydrogen) atoms. The van der Waals surface area contributed by atoms with E-state index < -0.39 is 0 Å². The third kappa shape index (κ3) is 2.19. The van der Waals surface area contributed by atoms with Crippen molar-refractivity contribution in [2.75, 3.05) is 0 Å². The quantitative estimate of drug-likeness (QED) is 0.788. The Balaban J connectivity index is 2.20. The van der Waals surface area contributed by atoms with E-state index in [-0.39, 0.29) is 6.61 Å². The largest absolute Gasteiger partial charge is 0.390 e. The lowest BCUT2D eigenvalue weighted by atomic mass is 10.1. The Morgan fingerprint density at radius 1 is 1.20 bits per heavy atom. The molecule has 0 saturated heterocycles. The SMILES string of the molecule is Cc1cccc(-n2nnc(CO)c2-c2cccnc2)c1. The lowest BCUT2D eigenvalue weighted by Gasteiger charge is -2.08. The molecule has 0 radical (unpaired) electrons. The first-order valence-electron chi connectivity index (χ1n) is 6.32. The molecule has 0 aliphatic rings. The third-order valence-corrected chi connectivity index (χ3v) is 3.07. The van der Waals surface area contributed by atoms with Gasteiger partial charge in [0.25, 0.3) is 0 Å². The minimum absolute atomic E-state index is 0.157. The molecule has 0 unspecified atom stereocenters. The Kier molecular flexibility index (Phi) is 3.26. The summed E-state index contributed by atoms with van der Waals surface area (Å²) in [6.07, 6.45) is 3.45. The van der Waals surface area contributed by atoms with Crippen LogP contribution in [0.15, 0.2) is 48.8 Å². The molecule has 2 aromatic heterocycles. The van der Waals surface area contributed by atoms with E-state index in [9.17, 15) is 5.11 Å². The van der Waals surface area contributed by atoms with Crippen LogP contribution in [0.2, 0.25) is 0 Å². The van der Waals surface area contributed by atoms with Crippen LogP contribution in [-0.2, 0) is 6.61 Å². The second kappa shape index (κ2) is 5.22. The van der Waals surface area contributed by atoms with Gasteiger partial charge in [0.05, 0.1) is 12.3 Å². The van der Waals surface area contributed by atoms with E-state index in [4.69, 9.17) is 0 Å². The normalized spacial score (nSPS) is 10.7. The summed E-state index contributed by atoms with van der Waals surface area (Å²) in [5.74, 6) is 0. The van der Waals surface area contributed by atoms with Crippen molar-refractivity contribution >= 4 is 0 Å². The molecule has 5 nitrogen and oxygen atoms in total. The first-order chi connectivity index (χ1) is 9.79. The van der Waals surface area contributed by atoms with Crippen molar-refractivity contribution in [2.24, 2.45) is 0 Å². The maximum absolute atomic E-state index is 9.46. The van der Waals surface area contributed by atoms with Crippen LogP contribution in [0.3, 0.4) is 0 Å². The van der Waals surface area contributed by atoms with Crippen LogP contribution in [0.25, 0.3) is 16.9 Å². The predicted molar refractivity (Wildman–Crippen MR) is 75.2 cm³/mol. The Bertz CT molecular complexity index is 722. The van der Waals surface area contributed by atoms with E-state index in [1.165, 1.54) is 0 Å². The average molecular weight is 266 g/mol. The van der Waals surface area contributed by atoms with Crippen LogP contribution >= 0.6 is 0 Å². The monoisotopic (exact) mass is 266 g/mol. The van der Waals surface area contributed by atoms with E-state index in [0.29, 0.717) is 5.69 Å². The molecule has 0 spiro atoms. The highest BCUT2D eigenvalue weighted by atomic mass is 16.3. The van der Waals surface area contributed by atoms with E-state index in [0.717, 1.165) is 22.5 Å². The predicted octanol–water partition coefficient (Wildman–Crippen LogP) is 2.13. The van der Waals surface area contributed by atoms with Gasteiger partial charge in [0.15, 0.2) is 0 Å². The topological polar surface area (TPSA) is 63.8 Å². The van der Waals surface area contributed by atoms with Crippen molar-refractivity contribution in [2.45, 2.75) is 13.5 Å². The fraction of sp³-hybridized carbons (Fsp3) is 0.133. The number of aliphatic hydroxyl groups excluding tert-OH is 1. The second-order valence-electron chi connectivity index (χ2n) is 4.54. The minimum atomic E-state index is -0.157. The molecule has 0 aliphatic heterocycles. The molecule has 0 fully saturated rings. The highest BCUT2D eigenvalue weighted by Gasteiger charge is 2.15. The lowest BCUT2D eigenvalue weighted by molar-refractivity contribution is 0.277. The summed E-state index contributed by atoms with van der Waals surface area (Å²) in [5.41, 5.74) is 4.24. The van der Waals surface area contributed by atoms with Gasteiger partial charge in [-0.15, -0.1) is 5.10 Å². The third-order valence-electron chi connectivity index (χ3n) is 3.07. The van der Waals surface area contributed by atoms with Crippen molar-refractivity contribution in [1.82, 2.24) is 20.0 Å². The molecule has 0 saturated carbocycles. The summed E-state index contributed by atoms with van der Waals surface area (Å²) in [6, 6.07) is 11.8. The van der Waals surface area contributed by atoms with Crippen molar-refractivity contribution in [3.8, 4) is 16.9 Å². The Morgan fingerprint density at radius 2 is 2.10 bits per heavy atom. The molecule has 0 atom stereocenters. The second-order valence-corrected chi connectivity index (χ2v) is 4.54. The summed E-state index contributed by atoms with van der Waals surface area (Å²) < 4.78 is 1.73. The number of aryl methyl sites for hydroxylation is 1. The van der Waals surface area contributed by atoms with Crippen LogP contribution in [0.5, 0.6) is 0 Å². The minimum Gasteiger partial charge on any atom is -0.390 e. The molecular formula is C15H14N4O. The lowest BCUT2D eigenvalue weighted by Crippen LogP contribution is -2.00. The highest BCUT2D eigenvalue weighted by molar-refractivity contribution is 5.63. The van der Waals surface area contributed by atoms with Crippen molar-refractivity contribution in [1.29, 1.82) is 0 Å². The summed E-state index contributed by atoms with van der Waals surface area (Å²) in [6.45, 7) is 1.87. The van der Waals surface area contributed by atoms with Crippen LogP contribution in [0, 0.1) is 6.92 Å².